The molecule has 0 heterocycles. The fraction of sp³-hybridized carbons (Fsp3) is 0.417. The highest BCUT2D eigenvalue weighted by molar-refractivity contribution is 5.66. The molecule has 3 heteroatoms. The van der Waals surface area contributed by atoms with Crippen LogP contribution in [0.5, 0.6) is 0 Å². The van der Waals surface area contributed by atoms with Gasteiger partial charge in [0.05, 0.1) is 6.10 Å². The Morgan fingerprint density at radius 3 is 2.47 bits per heavy atom. The fourth-order valence-electron chi connectivity index (χ4n) is 1.39. The van der Waals surface area contributed by atoms with Crippen molar-refractivity contribution in [3.63, 3.8) is 0 Å². The number of esters is 1. The number of benzene rings is 1. The Kier molecular flexibility index (Phi) is 3.86. The van der Waals surface area contributed by atoms with Gasteiger partial charge in [0.1, 0.15) is 6.10 Å². The summed E-state index contributed by atoms with van der Waals surface area (Å²) in [6, 6.07) is 7.41. The number of rotatable bonds is 3. The topological polar surface area (TPSA) is 46.5 Å². The minimum Gasteiger partial charge on any atom is -0.458 e. The van der Waals surface area contributed by atoms with Crippen molar-refractivity contribution in [2.75, 3.05) is 0 Å². The summed E-state index contributed by atoms with van der Waals surface area (Å²) in [6.45, 7) is 4.90. The smallest absolute Gasteiger partial charge is 0.303 e. The van der Waals surface area contributed by atoms with E-state index in [2.05, 4.69) is 0 Å². The molecular formula is C12H16O3. The first-order valence-corrected chi connectivity index (χ1v) is 4.96. The van der Waals surface area contributed by atoms with Crippen molar-refractivity contribution in [3.05, 3.63) is 35.4 Å². The molecule has 3 nitrogen and oxygen atoms in total. The average Bonchev–Trinajstić information content (AvgIpc) is 2.17. The highest BCUT2D eigenvalue weighted by Crippen LogP contribution is 2.21. The maximum atomic E-state index is 10.8. The van der Waals surface area contributed by atoms with Gasteiger partial charge in [-0.1, -0.05) is 18.2 Å². The van der Waals surface area contributed by atoms with Crippen LogP contribution >= 0.6 is 0 Å². The molecule has 0 radical (unpaired) electrons. The van der Waals surface area contributed by atoms with Crippen LogP contribution < -0.4 is 0 Å². The average molecular weight is 208 g/mol. The Balaban J connectivity index is 2.85. The normalized spacial score (nSPS) is 14.4. The van der Waals surface area contributed by atoms with Crippen LogP contribution in [0.4, 0.5) is 0 Å². The maximum absolute atomic E-state index is 10.8. The summed E-state index contributed by atoms with van der Waals surface area (Å²) in [7, 11) is 0. The van der Waals surface area contributed by atoms with Crippen molar-refractivity contribution < 1.29 is 14.6 Å². The molecule has 1 rings (SSSR count). The van der Waals surface area contributed by atoms with Crippen LogP contribution in [0.1, 0.15) is 44.1 Å². The van der Waals surface area contributed by atoms with Gasteiger partial charge in [-0.25, -0.2) is 0 Å². The third-order valence-corrected chi connectivity index (χ3v) is 2.21. The number of carbonyl (C=O) groups excluding carboxylic acids is 1. The minimum absolute atomic E-state index is 0.277. The molecule has 1 aromatic carbocycles. The second-order valence-electron chi connectivity index (χ2n) is 3.60. The molecule has 82 valence electrons. The van der Waals surface area contributed by atoms with E-state index in [0.29, 0.717) is 0 Å². The Hall–Kier alpha value is -1.35. The van der Waals surface area contributed by atoms with E-state index in [9.17, 15) is 9.90 Å². The highest BCUT2D eigenvalue weighted by Gasteiger charge is 2.10. The minimum atomic E-state index is -0.505. The standard InChI is InChI=1S/C12H16O3/c1-8(13)11-5-4-6-12(7-11)9(2)15-10(3)14/h4-9,13H,1-3H3. The van der Waals surface area contributed by atoms with Crippen molar-refractivity contribution in [2.24, 2.45) is 0 Å². The second-order valence-corrected chi connectivity index (χ2v) is 3.60. The van der Waals surface area contributed by atoms with Crippen LogP contribution in [0.25, 0.3) is 0 Å². The molecule has 15 heavy (non-hydrogen) atoms. The van der Waals surface area contributed by atoms with Crippen LogP contribution in [0.15, 0.2) is 24.3 Å². The van der Waals surface area contributed by atoms with Gasteiger partial charge < -0.3 is 9.84 Å². The molecule has 2 unspecified atom stereocenters. The molecule has 0 aromatic heterocycles. The Bertz CT molecular complexity index is 344. The molecule has 2 atom stereocenters. The second kappa shape index (κ2) is 4.94. The van der Waals surface area contributed by atoms with Crippen LogP contribution in [0, 0.1) is 0 Å². The molecule has 0 bridgehead atoms. The van der Waals surface area contributed by atoms with Crippen molar-refractivity contribution in [2.45, 2.75) is 33.0 Å². The van der Waals surface area contributed by atoms with E-state index in [4.69, 9.17) is 4.74 Å². The quantitative estimate of drug-likeness (QED) is 0.776. The summed E-state index contributed by atoms with van der Waals surface area (Å²) in [5.74, 6) is -0.301. The number of hydrogen-bond donors (Lipinski definition) is 1. The zero-order valence-electron chi connectivity index (χ0n) is 9.23. The van der Waals surface area contributed by atoms with Crippen molar-refractivity contribution >= 4 is 5.97 Å². The molecule has 0 saturated heterocycles. The number of ether oxygens (including phenoxy) is 1. The van der Waals surface area contributed by atoms with E-state index < -0.39 is 6.10 Å². The summed E-state index contributed by atoms with van der Waals surface area (Å²) in [5.41, 5.74) is 1.72. The molecule has 1 aromatic rings. The monoisotopic (exact) mass is 208 g/mol. The van der Waals surface area contributed by atoms with Gasteiger partial charge in [-0.05, 0) is 31.0 Å². The van der Waals surface area contributed by atoms with Crippen LogP contribution in [0.3, 0.4) is 0 Å². The lowest BCUT2D eigenvalue weighted by Gasteiger charge is -2.14. The first-order valence-electron chi connectivity index (χ1n) is 4.96. The highest BCUT2D eigenvalue weighted by atomic mass is 16.5. The molecule has 0 fully saturated rings. The number of aliphatic hydroxyl groups is 1. The predicted molar refractivity (Wildman–Crippen MR) is 57.3 cm³/mol. The van der Waals surface area contributed by atoms with Crippen molar-refractivity contribution in [1.82, 2.24) is 0 Å². The van der Waals surface area contributed by atoms with Gasteiger partial charge in [-0.15, -0.1) is 0 Å². The van der Waals surface area contributed by atoms with Crippen LogP contribution in [0.2, 0.25) is 0 Å². The molecular weight excluding hydrogens is 192 g/mol. The Labute approximate surface area is 89.7 Å². The SMILES string of the molecule is CC(=O)OC(C)c1cccc(C(C)O)c1. The lowest BCUT2D eigenvalue weighted by Crippen LogP contribution is -2.05. The predicted octanol–water partition coefficient (Wildman–Crippen LogP) is 2.36. The van der Waals surface area contributed by atoms with E-state index in [0.717, 1.165) is 11.1 Å². The van der Waals surface area contributed by atoms with Gasteiger partial charge in [-0.3, -0.25) is 4.79 Å². The summed E-state index contributed by atoms with van der Waals surface area (Å²) in [4.78, 5) is 10.8. The van der Waals surface area contributed by atoms with Gasteiger partial charge >= 0.3 is 5.97 Å². The number of carbonyl (C=O) groups is 1. The van der Waals surface area contributed by atoms with Crippen LogP contribution in [-0.4, -0.2) is 11.1 Å². The summed E-state index contributed by atoms with van der Waals surface area (Å²) in [6.07, 6.45) is -0.782. The molecule has 0 saturated carbocycles. The molecule has 0 spiro atoms. The fourth-order valence-corrected chi connectivity index (χ4v) is 1.39. The first kappa shape index (κ1) is 11.7. The molecule has 0 aliphatic rings. The van der Waals surface area contributed by atoms with Gasteiger partial charge in [0.25, 0.3) is 0 Å². The molecule has 0 aliphatic carbocycles. The van der Waals surface area contributed by atoms with E-state index in [1.807, 2.05) is 31.2 Å². The number of aliphatic hydroxyl groups excluding tert-OH is 1. The van der Waals surface area contributed by atoms with Crippen LogP contribution in [-0.2, 0) is 9.53 Å². The molecule has 0 amide bonds. The Morgan fingerprint density at radius 2 is 1.93 bits per heavy atom. The molecule has 0 aliphatic heterocycles. The van der Waals surface area contributed by atoms with Gasteiger partial charge in [-0.2, -0.15) is 0 Å². The lowest BCUT2D eigenvalue weighted by molar-refractivity contribution is -0.145. The zero-order chi connectivity index (χ0) is 11.4. The van der Waals surface area contributed by atoms with E-state index in [1.54, 1.807) is 6.92 Å². The number of hydrogen-bond acceptors (Lipinski definition) is 3. The molecule has 1 N–H and O–H groups in total. The maximum Gasteiger partial charge on any atom is 0.303 e. The zero-order valence-corrected chi connectivity index (χ0v) is 9.23. The van der Waals surface area contributed by atoms with Gasteiger partial charge in [0.15, 0.2) is 0 Å². The van der Waals surface area contributed by atoms with Crippen molar-refractivity contribution in [3.8, 4) is 0 Å². The summed E-state index contributed by atoms with van der Waals surface area (Å²) >= 11 is 0. The van der Waals surface area contributed by atoms with E-state index >= 15 is 0 Å². The largest absolute Gasteiger partial charge is 0.458 e. The third-order valence-electron chi connectivity index (χ3n) is 2.21. The van der Waals surface area contributed by atoms with Gasteiger partial charge in [0, 0.05) is 6.92 Å². The third kappa shape index (κ3) is 3.36. The first-order chi connectivity index (χ1) is 7.00. The summed E-state index contributed by atoms with van der Waals surface area (Å²) < 4.78 is 5.05. The van der Waals surface area contributed by atoms with Gasteiger partial charge in [0.2, 0.25) is 0 Å². The summed E-state index contributed by atoms with van der Waals surface area (Å²) in [5, 5.41) is 9.40. The Morgan fingerprint density at radius 1 is 1.33 bits per heavy atom. The van der Waals surface area contributed by atoms with E-state index in [1.165, 1.54) is 6.92 Å². The van der Waals surface area contributed by atoms with Crippen molar-refractivity contribution in [1.29, 1.82) is 0 Å². The van der Waals surface area contributed by atoms with E-state index in [-0.39, 0.29) is 12.1 Å². The lowest BCUT2D eigenvalue weighted by atomic mass is 10.0.